The molecule has 0 amide bonds. The van der Waals surface area contributed by atoms with Crippen LogP contribution in [0.25, 0.3) is 0 Å². The summed E-state index contributed by atoms with van der Waals surface area (Å²) in [6.45, 7) is 0.633. The molecule has 0 spiro atoms. The summed E-state index contributed by atoms with van der Waals surface area (Å²) in [5.41, 5.74) is 0. The maximum atomic E-state index is 8.03. The Kier molecular flexibility index (Phi) is 6.94. The smallest absolute Gasteiger partial charge is 0.430 e. The average Bonchev–Trinajstić information content (AvgIpc) is 1.81. The fourth-order valence-corrected chi connectivity index (χ4v) is 0.247. The summed E-state index contributed by atoms with van der Waals surface area (Å²) >= 11 is 0. The van der Waals surface area contributed by atoms with Crippen LogP contribution in [0, 0.1) is 0 Å². The molecule has 0 bridgehead atoms. The van der Waals surface area contributed by atoms with Crippen molar-refractivity contribution in [1.82, 2.24) is 0 Å². The SMILES string of the molecule is OBOCCOBO. The Labute approximate surface area is 49.0 Å². The van der Waals surface area contributed by atoms with Crippen molar-refractivity contribution in [2.75, 3.05) is 13.2 Å². The van der Waals surface area contributed by atoms with Gasteiger partial charge in [-0.15, -0.1) is 0 Å². The highest BCUT2D eigenvalue weighted by Crippen LogP contribution is 1.69. The Hall–Kier alpha value is -0.0301. The molecule has 2 N–H and O–H groups in total. The second kappa shape index (κ2) is 6.97. The Bertz CT molecular complexity index is 37.0. The zero-order chi connectivity index (χ0) is 6.24. The lowest BCUT2D eigenvalue weighted by molar-refractivity contribution is 0.193. The average molecular weight is 118 g/mol. The highest BCUT2D eigenvalue weighted by Gasteiger charge is 1.86. The summed E-state index contributed by atoms with van der Waals surface area (Å²) in [6, 6.07) is 0. The van der Waals surface area contributed by atoms with E-state index in [1.165, 1.54) is 0 Å². The van der Waals surface area contributed by atoms with E-state index in [0.29, 0.717) is 13.2 Å². The van der Waals surface area contributed by atoms with Gasteiger partial charge < -0.3 is 19.4 Å². The molecule has 0 saturated carbocycles. The van der Waals surface area contributed by atoms with Crippen molar-refractivity contribution < 1.29 is 19.4 Å². The van der Waals surface area contributed by atoms with Crippen LogP contribution in [0.5, 0.6) is 0 Å². The second-order valence-corrected chi connectivity index (χ2v) is 1.07. The minimum Gasteiger partial charge on any atom is -0.430 e. The van der Waals surface area contributed by atoms with Crippen molar-refractivity contribution in [1.29, 1.82) is 0 Å². The molecule has 0 atom stereocenters. The van der Waals surface area contributed by atoms with Gasteiger partial charge in [0.2, 0.25) is 0 Å². The zero-order valence-electron chi connectivity index (χ0n) is 4.54. The van der Waals surface area contributed by atoms with Crippen molar-refractivity contribution in [3.8, 4) is 0 Å². The maximum absolute atomic E-state index is 8.03. The molecule has 6 heteroatoms. The van der Waals surface area contributed by atoms with E-state index in [1.807, 2.05) is 0 Å². The molecule has 0 aromatic carbocycles. The zero-order valence-corrected chi connectivity index (χ0v) is 4.54. The van der Waals surface area contributed by atoms with Gasteiger partial charge in [-0.1, -0.05) is 0 Å². The van der Waals surface area contributed by atoms with Gasteiger partial charge in [0.15, 0.2) is 0 Å². The van der Waals surface area contributed by atoms with Gasteiger partial charge in [-0.2, -0.15) is 0 Å². The molecule has 0 aliphatic heterocycles. The van der Waals surface area contributed by atoms with E-state index in [1.54, 1.807) is 0 Å². The molecule has 0 unspecified atom stereocenters. The van der Waals surface area contributed by atoms with Gasteiger partial charge >= 0.3 is 15.4 Å². The molecular formula is C2H8B2O4. The molecule has 46 valence electrons. The van der Waals surface area contributed by atoms with Crippen LogP contribution >= 0.6 is 0 Å². The van der Waals surface area contributed by atoms with Gasteiger partial charge in [-0.25, -0.2) is 0 Å². The lowest BCUT2D eigenvalue weighted by atomic mass is 10.4. The van der Waals surface area contributed by atoms with Crippen molar-refractivity contribution in [3.63, 3.8) is 0 Å². The molecule has 4 nitrogen and oxygen atoms in total. The maximum Gasteiger partial charge on any atom is 0.435 e. The third-order valence-corrected chi connectivity index (χ3v) is 0.555. The van der Waals surface area contributed by atoms with Crippen molar-refractivity contribution in [3.05, 3.63) is 0 Å². The summed E-state index contributed by atoms with van der Waals surface area (Å²) in [5.74, 6) is 0. The Balaban J connectivity index is 2.53. The second-order valence-electron chi connectivity index (χ2n) is 1.07. The van der Waals surface area contributed by atoms with Crippen LogP contribution in [-0.2, 0) is 9.31 Å². The first kappa shape index (κ1) is 7.97. The van der Waals surface area contributed by atoms with E-state index in [2.05, 4.69) is 9.31 Å². The first-order valence-corrected chi connectivity index (χ1v) is 2.29. The largest absolute Gasteiger partial charge is 0.435 e. The third-order valence-electron chi connectivity index (χ3n) is 0.555. The Morgan fingerprint density at radius 1 is 1.00 bits per heavy atom. The lowest BCUT2D eigenvalue weighted by Crippen LogP contribution is -2.08. The van der Waals surface area contributed by atoms with Crippen molar-refractivity contribution >= 4 is 15.4 Å². The number of hydrogen-bond acceptors (Lipinski definition) is 4. The van der Waals surface area contributed by atoms with E-state index in [9.17, 15) is 0 Å². The molecule has 0 aliphatic carbocycles. The molecule has 0 rings (SSSR count). The van der Waals surface area contributed by atoms with Gasteiger partial charge in [-0.05, 0) is 0 Å². The van der Waals surface area contributed by atoms with E-state index in [0.717, 1.165) is 0 Å². The van der Waals surface area contributed by atoms with Crippen LogP contribution in [0.15, 0.2) is 0 Å². The molecule has 0 aromatic heterocycles. The summed E-state index contributed by atoms with van der Waals surface area (Å²) in [6.07, 6.45) is 0. The van der Waals surface area contributed by atoms with E-state index in [-0.39, 0.29) is 15.4 Å². The fraction of sp³-hybridized carbons (Fsp3) is 1.00. The van der Waals surface area contributed by atoms with Crippen LogP contribution in [0.1, 0.15) is 0 Å². The molecule has 0 heterocycles. The summed E-state index contributed by atoms with van der Waals surface area (Å²) < 4.78 is 8.91. The van der Waals surface area contributed by atoms with Crippen LogP contribution in [0.4, 0.5) is 0 Å². The Morgan fingerprint density at radius 3 is 1.62 bits per heavy atom. The van der Waals surface area contributed by atoms with Crippen molar-refractivity contribution in [2.45, 2.75) is 0 Å². The van der Waals surface area contributed by atoms with Gasteiger partial charge in [0.1, 0.15) is 0 Å². The topological polar surface area (TPSA) is 58.9 Å². The predicted molar refractivity (Wildman–Crippen MR) is 30.6 cm³/mol. The summed E-state index contributed by atoms with van der Waals surface area (Å²) in [7, 11) is -0.594. The highest BCUT2D eigenvalue weighted by molar-refractivity contribution is 6.16. The summed E-state index contributed by atoms with van der Waals surface area (Å²) in [5, 5.41) is 16.1. The van der Waals surface area contributed by atoms with Crippen LogP contribution in [-0.4, -0.2) is 38.6 Å². The monoisotopic (exact) mass is 118 g/mol. The molecule has 0 saturated heterocycles. The minimum atomic E-state index is -0.297. The third kappa shape index (κ3) is 5.97. The van der Waals surface area contributed by atoms with E-state index < -0.39 is 0 Å². The Morgan fingerprint density at radius 2 is 1.38 bits per heavy atom. The number of rotatable bonds is 5. The standard InChI is InChI=1S/C2H8B2O4/c5-3-7-1-2-8-4-6/h3-6H,1-2H2. The normalized spacial score (nSPS) is 8.75. The van der Waals surface area contributed by atoms with Gasteiger partial charge in [0, 0.05) is 0 Å². The lowest BCUT2D eigenvalue weighted by Gasteiger charge is -1.96. The number of hydrogen-bond donors (Lipinski definition) is 2. The molecular weight excluding hydrogens is 110 g/mol. The highest BCUT2D eigenvalue weighted by atomic mass is 16.5. The first-order valence-electron chi connectivity index (χ1n) is 2.29. The van der Waals surface area contributed by atoms with Gasteiger partial charge in [0.05, 0.1) is 13.2 Å². The van der Waals surface area contributed by atoms with Gasteiger partial charge in [0.25, 0.3) is 0 Å². The van der Waals surface area contributed by atoms with E-state index >= 15 is 0 Å². The van der Waals surface area contributed by atoms with Crippen LogP contribution in [0.2, 0.25) is 0 Å². The summed E-state index contributed by atoms with van der Waals surface area (Å²) in [4.78, 5) is 0. The molecule has 0 aliphatic rings. The molecule has 8 heavy (non-hydrogen) atoms. The van der Waals surface area contributed by atoms with Crippen molar-refractivity contribution in [2.24, 2.45) is 0 Å². The molecule has 0 aromatic rings. The predicted octanol–water partition coefficient (Wildman–Crippen LogP) is -2.46. The first-order chi connectivity index (χ1) is 3.91. The van der Waals surface area contributed by atoms with E-state index in [4.69, 9.17) is 10.0 Å². The van der Waals surface area contributed by atoms with Gasteiger partial charge in [-0.3, -0.25) is 0 Å². The van der Waals surface area contributed by atoms with Crippen LogP contribution < -0.4 is 0 Å². The fourth-order valence-electron chi connectivity index (χ4n) is 0.247. The van der Waals surface area contributed by atoms with Crippen LogP contribution in [0.3, 0.4) is 0 Å². The minimum absolute atomic E-state index is 0.297. The molecule has 0 radical (unpaired) electrons. The quantitative estimate of drug-likeness (QED) is 0.310. The molecule has 0 fully saturated rings.